The Hall–Kier alpha value is 1.48. The van der Waals surface area contributed by atoms with Gasteiger partial charge in [-0.15, -0.1) is 0 Å². The van der Waals surface area contributed by atoms with Crippen LogP contribution >= 0.6 is 0 Å². The van der Waals surface area contributed by atoms with Crippen molar-refractivity contribution in [3.05, 3.63) is 0 Å². The topological polar surface area (TPSA) is 43.4 Å². The van der Waals surface area contributed by atoms with Gasteiger partial charge in [0.25, 0.3) is 0 Å². The van der Waals surface area contributed by atoms with Gasteiger partial charge in [0.15, 0.2) is 0 Å². The summed E-state index contributed by atoms with van der Waals surface area (Å²) < 4.78 is 36.2. The fourth-order valence-electron chi connectivity index (χ4n) is 2.46. The van der Waals surface area contributed by atoms with Crippen LogP contribution in [0.25, 0.3) is 0 Å². The van der Waals surface area contributed by atoms with Gasteiger partial charge in [0.05, 0.1) is 6.61 Å². The monoisotopic (exact) mass is 364 g/mol. The van der Waals surface area contributed by atoms with Crippen LogP contribution in [-0.2, 0) is 14.7 Å². The normalized spacial score (nSPS) is 11.4. The molecule has 0 amide bonds. The summed E-state index contributed by atoms with van der Waals surface area (Å²) in [5.41, 5.74) is 0. The zero-order valence-electron chi connectivity index (χ0n) is 13.6. The molecule has 3 nitrogen and oxygen atoms in total. The Morgan fingerprint density at radius 2 is 1.00 bits per heavy atom. The molecule has 0 aliphatic heterocycles. The second-order valence-corrected chi connectivity index (χ2v) is 6.83. The number of halogens is 1. The van der Waals surface area contributed by atoms with Gasteiger partial charge in [0.1, 0.15) is 0 Å². The molecule has 0 saturated heterocycles. The van der Waals surface area contributed by atoms with Crippen molar-refractivity contribution in [2.75, 3.05) is 6.61 Å². The van der Waals surface area contributed by atoms with Gasteiger partial charge >= 0.3 is 61.9 Å². The van der Waals surface area contributed by atoms with Crippen LogP contribution in [0.15, 0.2) is 0 Å². The van der Waals surface area contributed by atoms with E-state index in [0.29, 0.717) is 6.42 Å². The Bertz CT molecular complexity index is 311. The van der Waals surface area contributed by atoms with Crippen LogP contribution in [0.4, 0.5) is 3.89 Å². The van der Waals surface area contributed by atoms with Crippen molar-refractivity contribution >= 4 is 61.9 Å². The van der Waals surface area contributed by atoms with E-state index in [-0.39, 0.29) is 58.0 Å². The molecule has 0 atom stereocenters. The Balaban J connectivity index is 0. The van der Waals surface area contributed by atoms with E-state index in [1.165, 1.54) is 70.6 Å². The summed E-state index contributed by atoms with van der Waals surface area (Å²) in [6.07, 6.45) is 17.2. The molecule has 0 saturated carbocycles. The van der Waals surface area contributed by atoms with Crippen LogP contribution in [0.1, 0.15) is 96.8 Å². The van der Waals surface area contributed by atoms with Gasteiger partial charge in [-0.3, -0.25) is 0 Å². The molecule has 0 aliphatic rings. The predicted octanol–water partition coefficient (Wildman–Crippen LogP) is 5.05. The first kappa shape index (κ1) is 25.7. The third-order valence-corrected chi connectivity index (χ3v) is 4.17. The third-order valence-electron chi connectivity index (χ3n) is 3.72. The van der Waals surface area contributed by atoms with E-state index in [0.717, 1.165) is 12.8 Å². The fourth-order valence-corrected chi connectivity index (χ4v) is 2.77. The molecule has 0 aromatic carbocycles. The fraction of sp³-hybridized carbons (Fsp3) is 1.00. The van der Waals surface area contributed by atoms with Gasteiger partial charge in [-0.2, -0.15) is 8.42 Å². The average Bonchev–Trinajstić information content (AvgIpc) is 2.42. The summed E-state index contributed by atoms with van der Waals surface area (Å²) in [6.45, 7) is 2.22. The summed E-state index contributed by atoms with van der Waals surface area (Å²) in [5.74, 6) is 0. The standard InChI is InChI=1S/C16H33FO3S.K.H/c1-2-3-4-5-6-7-8-9-10-11-12-13-14-15-16-20-21(17,18)19;;/h2-16H2,1H3;;. The summed E-state index contributed by atoms with van der Waals surface area (Å²) in [5, 5.41) is 0. The molecular formula is C16H34FKO3S. The summed E-state index contributed by atoms with van der Waals surface area (Å²) in [7, 11) is -4.74. The average molecular weight is 365 g/mol. The molecule has 22 heavy (non-hydrogen) atoms. The molecular weight excluding hydrogens is 330 g/mol. The van der Waals surface area contributed by atoms with E-state index in [9.17, 15) is 12.3 Å². The van der Waals surface area contributed by atoms with Crippen LogP contribution in [0.5, 0.6) is 0 Å². The maximum atomic E-state index is 12.0. The zero-order valence-corrected chi connectivity index (χ0v) is 14.4. The van der Waals surface area contributed by atoms with Crippen LogP contribution in [0.3, 0.4) is 0 Å². The minimum absolute atomic E-state index is 0. The SMILES string of the molecule is CCCCCCCCCCCCCCCCOS(=O)(=O)F.[KH]. The predicted molar refractivity (Wildman–Crippen MR) is 93.4 cm³/mol. The van der Waals surface area contributed by atoms with Crippen LogP contribution in [0.2, 0.25) is 0 Å². The van der Waals surface area contributed by atoms with E-state index in [1.807, 2.05) is 0 Å². The van der Waals surface area contributed by atoms with Crippen LogP contribution in [0, 0.1) is 0 Å². The van der Waals surface area contributed by atoms with Crippen molar-refractivity contribution in [2.24, 2.45) is 0 Å². The number of unbranched alkanes of at least 4 members (excludes halogenated alkanes) is 13. The minimum atomic E-state index is -4.74. The van der Waals surface area contributed by atoms with Gasteiger partial charge < -0.3 is 0 Å². The molecule has 0 bridgehead atoms. The Morgan fingerprint density at radius 3 is 1.32 bits per heavy atom. The Labute approximate surface area is 180 Å². The van der Waals surface area contributed by atoms with Gasteiger partial charge in [0, 0.05) is 0 Å². The van der Waals surface area contributed by atoms with Gasteiger partial charge in [-0.1, -0.05) is 94.3 Å². The first-order valence-electron chi connectivity index (χ1n) is 8.65. The number of rotatable bonds is 16. The van der Waals surface area contributed by atoms with Crippen molar-refractivity contribution in [3.8, 4) is 0 Å². The van der Waals surface area contributed by atoms with E-state index >= 15 is 0 Å². The molecule has 0 rings (SSSR count). The quantitative estimate of drug-likeness (QED) is 0.219. The van der Waals surface area contributed by atoms with Crippen molar-refractivity contribution in [1.29, 1.82) is 0 Å². The van der Waals surface area contributed by atoms with Crippen LogP contribution in [-0.4, -0.2) is 66.4 Å². The molecule has 0 aliphatic carbocycles. The first-order chi connectivity index (χ1) is 10.1. The first-order valence-corrected chi connectivity index (χ1v) is 9.96. The molecule has 0 N–H and O–H groups in total. The number of hydrogen-bond donors (Lipinski definition) is 0. The zero-order chi connectivity index (χ0) is 15.8. The molecule has 6 heteroatoms. The van der Waals surface area contributed by atoms with Gasteiger partial charge in [0.2, 0.25) is 0 Å². The molecule has 130 valence electrons. The van der Waals surface area contributed by atoms with Gasteiger partial charge in [-0.05, 0) is 6.42 Å². The molecule has 0 aromatic rings. The molecule has 0 heterocycles. The maximum absolute atomic E-state index is 12.0. The van der Waals surface area contributed by atoms with Crippen molar-refractivity contribution < 1.29 is 16.5 Å². The number of hydrogen-bond acceptors (Lipinski definition) is 3. The van der Waals surface area contributed by atoms with Crippen molar-refractivity contribution in [2.45, 2.75) is 96.8 Å². The summed E-state index contributed by atoms with van der Waals surface area (Å²) in [4.78, 5) is 0. The van der Waals surface area contributed by atoms with Crippen LogP contribution < -0.4 is 0 Å². The van der Waals surface area contributed by atoms with E-state index in [2.05, 4.69) is 11.1 Å². The van der Waals surface area contributed by atoms with Crippen molar-refractivity contribution in [3.63, 3.8) is 0 Å². The van der Waals surface area contributed by atoms with E-state index in [4.69, 9.17) is 0 Å². The molecule has 0 spiro atoms. The third kappa shape index (κ3) is 23.7. The van der Waals surface area contributed by atoms with E-state index < -0.39 is 10.5 Å². The van der Waals surface area contributed by atoms with E-state index in [1.54, 1.807) is 0 Å². The van der Waals surface area contributed by atoms with Gasteiger partial charge in [-0.25, -0.2) is 4.18 Å². The second kappa shape index (κ2) is 18.8. The molecule has 0 unspecified atom stereocenters. The Kier molecular flexibility index (Phi) is 22.0. The molecule has 0 aromatic heterocycles. The summed E-state index contributed by atoms with van der Waals surface area (Å²) in [6, 6.07) is 0. The second-order valence-electron chi connectivity index (χ2n) is 5.81. The van der Waals surface area contributed by atoms with Crippen molar-refractivity contribution in [1.82, 2.24) is 0 Å². The summed E-state index contributed by atoms with van der Waals surface area (Å²) >= 11 is 0. The molecule has 0 fully saturated rings. The molecule has 0 radical (unpaired) electrons. The Morgan fingerprint density at radius 1 is 0.682 bits per heavy atom.